The molecule has 0 aliphatic carbocycles. The number of hydrogen-bond donors (Lipinski definition) is 0. The van der Waals surface area contributed by atoms with Gasteiger partial charge in [-0.2, -0.15) is 0 Å². The number of esters is 1. The third kappa shape index (κ3) is 5.68. The second-order valence-electron chi connectivity index (χ2n) is 5.63. The smallest absolute Gasteiger partial charge is 0.338 e. The van der Waals surface area contributed by atoms with Crippen LogP contribution >= 0.6 is 0 Å². The van der Waals surface area contributed by atoms with Gasteiger partial charge in [0.2, 0.25) is 0 Å². The van der Waals surface area contributed by atoms with E-state index in [1.54, 1.807) is 20.8 Å². The first kappa shape index (κ1) is 17.9. The summed E-state index contributed by atoms with van der Waals surface area (Å²) in [5, 5.41) is 3.78. The molecule has 0 bridgehead atoms. The van der Waals surface area contributed by atoms with Crippen molar-refractivity contribution in [3.05, 3.63) is 35.9 Å². The van der Waals surface area contributed by atoms with Crippen LogP contribution in [0.2, 0.25) is 0 Å². The SMILES string of the molecule is CCC(C)(C)C(=O)OCCC(=O)O/N=C(/C)c1ccccc1. The summed E-state index contributed by atoms with van der Waals surface area (Å²) in [5.41, 5.74) is 0.955. The molecular weight excluding hydrogens is 282 g/mol. The summed E-state index contributed by atoms with van der Waals surface area (Å²) in [6.45, 7) is 7.28. The van der Waals surface area contributed by atoms with Crippen LogP contribution in [0.25, 0.3) is 0 Å². The summed E-state index contributed by atoms with van der Waals surface area (Å²) in [6.07, 6.45) is 0.661. The van der Waals surface area contributed by atoms with Gasteiger partial charge in [0.1, 0.15) is 6.61 Å². The van der Waals surface area contributed by atoms with Gasteiger partial charge in [-0.05, 0) is 32.8 Å². The van der Waals surface area contributed by atoms with Crippen LogP contribution in [0.5, 0.6) is 0 Å². The maximum absolute atomic E-state index is 11.7. The Bertz CT molecular complexity index is 535. The molecule has 0 aliphatic heterocycles. The molecule has 120 valence electrons. The van der Waals surface area contributed by atoms with E-state index in [9.17, 15) is 9.59 Å². The first-order chi connectivity index (χ1) is 10.4. The highest BCUT2D eigenvalue weighted by atomic mass is 16.7. The molecule has 22 heavy (non-hydrogen) atoms. The van der Waals surface area contributed by atoms with Crippen molar-refractivity contribution in [1.82, 2.24) is 0 Å². The lowest BCUT2D eigenvalue weighted by Crippen LogP contribution is -2.26. The monoisotopic (exact) mass is 305 g/mol. The van der Waals surface area contributed by atoms with Crippen LogP contribution in [0.1, 0.15) is 46.1 Å². The van der Waals surface area contributed by atoms with E-state index in [0.717, 1.165) is 5.56 Å². The Labute approximate surface area is 131 Å². The average Bonchev–Trinajstić information content (AvgIpc) is 2.53. The van der Waals surface area contributed by atoms with Gasteiger partial charge in [0.15, 0.2) is 0 Å². The highest BCUT2D eigenvalue weighted by Gasteiger charge is 2.27. The zero-order chi connectivity index (χ0) is 16.6. The average molecular weight is 305 g/mol. The van der Waals surface area contributed by atoms with Crippen molar-refractivity contribution < 1.29 is 19.2 Å². The lowest BCUT2D eigenvalue weighted by atomic mass is 9.91. The number of rotatable bonds is 7. The summed E-state index contributed by atoms with van der Waals surface area (Å²) in [5.74, 6) is -0.843. The van der Waals surface area contributed by atoms with Gasteiger partial charge in [-0.3, -0.25) is 4.79 Å². The van der Waals surface area contributed by atoms with Gasteiger partial charge in [-0.1, -0.05) is 42.4 Å². The fraction of sp³-hybridized carbons (Fsp3) is 0.471. The molecule has 0 unspecified atom stereocenters. The van der Waals surface area contributed by atoms with Crippen molar-refractivity contribution in [2.45, 2.75) is 40.5 Å². The van der Waals surface area contributed by atoms with Crippen LogP contribution in [-0.2, 0) is 19.2 Å². The number of benzene rings is 1. The predicted octanol–water partition coefficient (Wildman–Crippen LogP) is 3.32. The van der Waals surface area contributed by atoms with E-state index in [-0.39, 0.29) is 19.0 Å². The minimum absolute atomic E-state index is 0.000993. The Morgan fingerprint density at radius 2 is 1.82 bits per heavy atom. The second-order valence-corrected chi connectivity index (χ2v) is 5.63. The standard InChI is InChI=1S/C17H23NO4/c1-5-17(3,4)16(20)21-12-11-15(19)22-18-13(2)14-9-7-6-8-10-14/h6-10H,5,11-12H2,1-4H3/b18-13-. The van der Waals surface area contributed by atoms with Crippen LogP contribution < -0.4 is 0 Å². The topological polar surface area (TPSA) is 65.0 Å². The van der Waals surface area contributed by atoms with E-state index < -0.39 is 11.4 Å². The molecule has 0 spiro atoms. The number of oxime groups is 1. The normalized spacial score (nSPS) is 11.9. The molecule has 0 radical (unpaired) electrons. The summed E-state index contributed by atoms with van der Waals surface area (Å²) < 4.78 is 5.07. The lowest BCUT2D eigenvalue weighted by Gasteiger charge is -2.19. The quantitative estimate of drug-likeness (QED) is 0.335. The molecule has 5 nitrogen and oxygen atoms in total. The minimum atomic E-state index is -0.536. The maximum Gasteiger partial charge on any atom is 0.338 e. The van der Waals surface area contributed by atoms with Gasteiger partial charge < -0.3 is 9.57 Å². The van der Waals surface area contributed by atoms with E-state index in [1.807, 2.05) is 37.3 Å². The fourth-order valence-electron chi connectivity index (χ4n) is 1.46. The van der Waals surface area contributed by atoms with E-state index in [2.05, 4.69) is 5.16 Å². The van der Waals surface area contributed by atoms with E-state index in [0.29, 0.717) is 12.1 Å². The van der Waals surface area contributed by atoms with Crippen LogP contribution in [0, 0.1) is 5.41 Å². The Morgan fingerprint density at radius 3 is 2.41 bits per heavy atom. The molecule has 0 saturated heterocycles. The molecule has 0 fully saturated rings. The van der Waals surface area contributed by atoms with Crippen LogP contribution in [0.3, 0.4) is 0 Å². The summed E-state index contributed by atoms with van der Waals surface area (Å²) in [4.78, 5) is 28.1. The molecule has 0 aliphatic rings. The first-order valence-corrected chi connectivity index (χ1v) is 7.34. The van der Waals surface area contributed by atoms with Gasteiger partial charge in [0.05, 0.1) is 17.5 Å². The number of carbonyl (C=O) groups excluding carboxylic acids is 2. The molecule has 1 aromatic rings. The zero-order valence-electron chi connectivity index (χ0n) is 13.6. The molecule has 0 amide bonds. The predicted molar refractivity (Wildman–Crippen MR) is 84.4 cm³/mol. The van der Waals surface area contributed by atoms with Crippen LogP contribution in [0.4, 0.5) is 0 Å². The summed E-state index contributed by atoms with van der Waals surface area (Å²) in [6, 6.07) is 9.41. The molecular formula is C17H23NO4. The lowest BCUT2D eigenvalue weighted by molar-refractivity contribution is -0.156. The molecule has 0 heterocycles. The number of ether oxygens (including phenoxy) is 1. The third-order valence-electron chi connectivity index (χ3n) is 3.45. The highest BCUT2D eigenvalue weighted by molar-refractivity contribution is 5.98. The molecule has 0 N–H and O–H groups in total. The zero-order valence-corrected chi connectivity index (χ0v) is 13.6. The highest BCUT2D eigenvalue weighted by Crippen LogP contribution is 2.21. The number of carbonyl (C=O) groups is 2. The van der Waals surface area contributed by atoms with Gasteiger partial charge in [0.25, 0.3) is 0 Å². The van der Waals surface area contributed by atoms with Crippen molar-refractivity contribution in [3.8, 4) is 0 Å². The van der Waals surface area contributed by atoms with Gasteiger partial charge in [-0.25, -0.2) is 4.79 Å². The van der Waals surface area contributed by atoms with Crippen LogP contribution in [0.15, 0.2) is 35.5 Å². The van der Waals surface area contributed by atoms with Crippen molar-refractivity contribution in [1.29, 1.82) is 0 Å². The molecule has 1 rings (SSSR count). The third-order valence-corrected chi connectivity index (χ3v) is 3.45. The second kappa shape index (κ2) is 8.32. The van der Waals surface area contributed by atoms with E-state index >= 15 is 0 Å². The molecule has 1 aromatic carbocycles. The minimum Gasteiger partial charge on any atom is -0.465 e. The fourth-order valence-corrected chi connectivity index (χ4v) is 1.46. The van der Waals surface area contributed by atoms with Crippen molar-refractivity contribution in [3.63, 3.8) is 0 Å². The molecule has 5 heteroatoms. The van der Waals surface area contributed by atoms with Gasteiger partial charge in [-0.15, -0.1) is 0 Å². The van der Waals surface area contributed by atoms with Crippen molar-refractivity contribution >= 4 is 17.7 Å². The Morgan fingerprint density at radius 1 is 1.18 bits per heavy atom. The number of nitrogens with zero attached hydrogens (tertiary/aromatic N) is 1. The Hall–Kier alpha value is -2.17. The van der Waals surface area contributed by atoms with Gasteiger partial charge >= 0.3 is 11.9 Å². The molecule has 0 aromatic heterocycles. The largest absolute Gasteiger partial charge is 0.465 e. The van der Waals surface area contributed by atoms with Crippen molar-refractivity contribution in [2.24, 2.45) is 10.6 Å². The molecule has 0 atom stereocenters. The van der Waals surface area contributed by atoms with Crippen LogP contribution in [-0.4, -0.2) is 24.3 Å². The first-order valence-electron chi connectivity index (χ1n) is 7.34. The summed E-state index contributed by atoms with van der Waals surface area (Å²) >= 11 is 0. The number of hydrogen-bond acceptors (Lipinski definition) is 5. The molecule has 0 saturated carbocycles. The van der Waals surface area contributed by atoms with E-state index in [4.69, 9.17) is 9.57 Å². The summed E-state index contributed by atoms with van der Waals surface area (Å²) in [7, 11) is 0. The Kier molecular flexibility index (Phi) is 6.76. The van der Waals surface area contributed by atoms with Crippen molar-refractivity contribution in [2.75, 3.05) is 6.61 Å². The Balaban J connectivity index is 2.37. The maximum atomic E-state index is 11.7. The van der Waals surface area contributed by atoms with E-state index in [1.165, 1.54) is 0 Å². The van der Waals surface area contributed by atoms with Gasteiger partial charge in [0, 0.05) is 0 Å².